The van der Waals surface area contributed by atoms with Crippen LogP contribution in [0.2, 0.25) is 0 Å². The molecule has 23 heavy (non-hydrogen) atoms. The summed E-state index contributed by atoms with van der Waals surface area (Å²) in [4.78, 5) is 13.4. The molecular weight excluding hydrogens is 291 g/mol. The van der Waals surface area contributed by atoms with Crippen molar-refractivity contribution >= 4 is 11.6 Å². The van der Waals surface area contributed by atoms with Crippen LogP contribution in [0.4, 0.5) is 10.1 Å². The molecule has 0 saturated heterocycles. The Morgan fingerprint density at radius 3 is 2.35 bits per heavy atom. The van der Waals surface area contributed by atoms with E-state index in [1.807, 2.05) is 14.0 Å². The summed E-state index contributed by atoms with van der Waals surface area (Å²) in [5, 5.41) is 2.66. The highest BCUT2D eigenvalue weighted by Crippen LogP contribution is 2.12. The van der Waals surface area contributed by atoms with Crippen molar-refractivity contribution in [3.05, 3.63) is 65.5 Å². The van der Waals surface area contributed by atoms with Crippen LogP contribution in [0, 0.1) is 5.82 Å². The summed E-state index contributed by atoms with van der Waals surface area (Å²) < 4.78 is 13.6. The van der Waals surface area contributed by atoms with Crippen molar-refractivity contribution in [1.82, 2.24) is 0 Å². The lowest BCUT2D eigenvalue weighted by Gasteiger charge is -2.21. The molecule has 0 aliphatic rings. The summed E-state index contributed by atoms with van der Waals surface area (Å²) in [7, 11) is 1.97. The number of hydrogen-bond acceptors (Lipinski definition) is 1. The maximum Gasteiger partial charge on any atom is 0.282 e. The second-order valence-electron chi connectivity index (χ2n) is 5.88. The molecule has 0 saturated carbocycles. The van der Waals surface area contributed by atoms with Crippen LogP contribution in [-0.4, -0.2) is 19.0 Å². The van der Waals surface area contributed by atoms with Gasteiger partial charge in [0.1, 0.15) is 12.4 Å². The first kappa shape index (κ1) is 17.2. The standard InChI is InChI=1S/C19H23FN2O/c1-4-15-9-11-16(12-10-15)13-22(3)14(2)19(23)21-18-8-6-5-7-17(18)20/h5-12,14H,4,13H2,1-3H3,(H,21,23)/p+1/t14-/m0/s1. The van der Waals surface area contributed by atoms with Crippen molar-refractivity contribution in [3.8, 4) is 0 Å². The summed E-state index contributed by atoms with van der Waals surface area (Å²) in [6, 6.07) is 14.4. The van der Waals surface area contributed by atoms with Crippen LogP contribution >= 0.6 is 0 Å². The number of nitrogens with one attached hydrogen (secondary N) is 2. The van der Waals surface area contributed by atoms with E-state index in [-0.39, 0.29) is 17.6 Å². The van der Waals surface area contributed by atoms with Gasteiger partial charge in [0.15, 0.2) is 6.04 Å². The first-order chi connectivity index (χ1) is 11.0. The number of likely N-dealkylation sites (N-methyl/N-ethyl adjacent to an activating group) is 1. The lowest BCUT2D eigenvalue weighted by Crippen LogP contribution is -3.12. The zero-order valence-corrected chi connectivity index (χ0v) is 13.9. The average Bonchev–Trinajstić information content (AvgIpc) is 2.56. The molecule has 0 aromatic heterocycles. The van der Waals surface area contributed by atoms with Crippen LogP contribution in [-0.2, 0) is 17.8 Å². The fourth-order valence-electron chi connectivity index (χ4n) is 2.40. The molecule has 3 nitrogen and oxygen atoms in total. The van der Waals surface area contributed by atoms with Gasteiger partial charge in [0.05, 0.1) is 12.7 Å². The third-order valence-electron chi connectivity index (χ3n) is 4.18. The van der Waals surface area contributed by atoms with Gasteiger partial charge in [-0.05, 0) is 31.0 Å². The summed E-state index contributed by atoms with van der Waals surface area (Å²) in [6.45, 7) is 4.73. The number of rotatable bonds is 6. The van der Waals surface area contributed by atoms with E-state index in [1.54, 1.807) is 18.2 Å². The second-order valence-corrected chi connectivity index (χ2v) is 5.88. The Morgan fingerprint density at radius 2 is 1.74 bits per heavy atom. The molecule has 0 aliphatic carbocycles. The van der Waals surface area contributed by atoms with Gasteiger partial charge in [-0.25, -0.2) is 4.39 Å². The Hall–Kier alpha value is -2.20. The summed E-state index contributed by atoms with van der Waals surface area (Å²) >= 11 is 0. The van der Waals surface area contributed by atoms with Crippen molar-refractivity contribution < 1.29 is 14.1 Å². The SMILES string of the molecule is CCc1ccc(C[NH+](C)[C@@H](C)C(=O)Nc2ccccc2F)cc1. The van der Waals surface area contributed by atoms with E-state index in [0.29, 0.717) is 0 Å². The van der Waals surface area contributed by atoms with Gasteiger partial charge in [0.25, 0.3) is 5.91 Å². The number of anilines is 1. The van der Waals surface area contributed by atoms with E-state index in [9.17, 15) is 9.18 Å². The number of quaternary nitrogens is 1. The van der Waals surface area contributed by atoms with Crippen LogP contribution < -0.4 is 10.2 Å². The van der Waals surface area contributed by atoms with E-state index < -0.39 is 5.82 Å². The van der Waals surface area contributed by atoms with E-state index in [0.717, 1.165) is 17.9 Å². The molecule has 0 bridgehead atoms. The molecule has 2 aromatic carbocycles. The van der Waals surface area contributed by atoms with Crippen LogP contribution in [0.15, 0.2) is 48.5 Å². The highest BCUT2D eigenvalue weighted by molar-refractivity contribution is 5.93. The largest absolute Gasteiger partial charge is 0.324 e. The van der Waals surface area contributed by atoms with Crippen LogP contribution in [0.25, 0.3) is 0 Å². The number of para-hydroxylation sites is 1. The van der Waals surface area contributed by atoms with Crippen molar-refractivity contribution in [2.24, 2.45) is 0 Å². The fraction of sp³-hybridized carbons (Fsp3) is 0.316. The Kier molecular flexibility index (Phi) is 5.88. The van der Waals surface area contributed by atoms with Crippen LogP contribution in [0.1, 0.15) is 25.0 Å². The highest BCUT2D eigenvalue weighted by Gasteiger charge is 2.22. The molecule has 2 aromatic rings. The maximum atomic E-state index is 13.6. The predicted octanol–water partition coefficient (Wildman–Crippen LogP) is 2.43. The molecule has 2 N–H and O–H groups in total. The average molecular weight is 315 g/mol. The predicted molar refractivity (Wildman–Crippen MR) is 90.9 cm³/mol. The van der Waals surface area contributed by atoms with Gasteiger partial charge in [0, 0.05) is 5.56 Å². The number of carbonyl (C=O) groups is 1. The van der Waals surface area contributed by atoms with Gasteiger partial charge in [-0.3, -0.25) is 4.79 Å². The van der Waals surface area contributed by atoms with Crippen molar-refractivity contribution in [1.29, 1.82) is 0 Å². The zero-order valence-electron chi connectivity index (χ0n) is 13.9. The van der Waals surface area contributed by atoms with Gasteiger partial charge in [-0.2, -0.15) is 0 Å². The summed E-state index contributed by atoms with van der Waals surface area (Å²) in [5.74, 6) is -0.598. The molecule has 2 atom stereocenters. The van der Waals surface area contributed by atoms with E-state index in [2.05, 4.69) is 36.5 Å². The van der Waals surface area contributed by atoms with Crippen LogP contribution in [0.3, 0.4) is 0 Å². The van der Waals surface area contributed by atoms with E-state index in [4.69, 9.17) is 0 Å². The van der Waals surface area contributed by atoms with Crippen LogP contribution in [0.5, 0.6) is 0 Å². The van der Waals surface area contributed by atoms with Crippen molar-refractivity contribution in [3.63, 3.8) is 0 Å². The lowest BCUT2D eigenvalue weighted by molar-refractivity contribution is -0.907. The Morgan fingerprint density at radius 1 is 1.13 bits per heavy atom. The smallest absolute Gasteiger partial charge is 0.282 e. The number of halogens is 1. The molecule has 1 amide bonds. The molecule has 4 heteroatoms. The third kappa shape index (κ3) is 4.63. The van der Waals surface area contributed by atoms with Gasteiger partial charge >= 0.3 is 0 Å². The Balaban J connectivity index is 1.96. The molecule has 122 valence electrons. The third-order valence-corrected chi connectivity index (χ3v) is 4.18. The number of hydrogen-bond donors (Lipinski definition) is 2. The molecule has 0 fully saturated rings. The highest BCUT2D eigenvalue weighted by atomic mass is 19.1. The Bertz CT molecular complexity index is 655. The minimum absolute atomic E-state index is 0.183. The molecule has 1 unspecified atom stereocenters. The summed E-state index contributed by atoms with van der Waals surface area (Å²) in [5.41, 5.74) is 2.71. The topological polar surface area (TPSA) is 33.5 Å². The maximum absolute atomic E-state index is 13.6. The van der Waals surface area contributed by atoms with E-state index >= 15 is 0 Å². The van der Waals surface area contributed by atoms with E-state index in [1.165, 1.54) is 17.2 Å². The van der Waals surface area contributed by atoms with Crippen molar-refractivity contribution in [2.45, 2.75) is 32.9 Å². The minimum atomic E-state index is -0.416. The minimum Gasteiger partial charge on any atom is -0.324 e. The van der Waals surface area contributed by atoms with Gasteiger partial charge < -0.3 is 10.2 Å². The lowest BCUT2D eigenvalue weighted by atomic mass is 10.1. The Labute approximate surface area is 137 Å². The van der Waals surface area contributed by atoms with Gasteiger partial charge in [-0.1, -0.05) is 43.3 Å². The monoisotopic (exact) mass is 315 g/mol. The number of aryl methyl sites for hydroxylation is 1. The van der Waals surface area contributed by atoms with Gasteiger partial charge in [0.2, 0.25) is 0 Å². The molecular formula is C19H24FN2O+. The molecule has 0 aliphatic heterocycles. The van der Waals surface area contributed by atoms with Crippen molar-refractivity contribution in [2.75, 3.05) is 12.4 Å². The first-order valence-electron chi connectivity index (χ1n) is 7.96. The number of amides is 1. The molecule has 0 radical (unpaired) electrons. The number of benzene rings is 2. The molecule has 0 spiro atoms. The summed E-state index contributed by atoms with van der Waals surface area (Å²) in [6.07, 6.45) is 1.02. The second kappa shape index (κ2) is 7.88. The molecule has 2 rings (SSSR count). The quantitative estimate of drug-likeness (QED) is 0.843. The normalized spacial score (nSPS) is 13.4. The van der Waals surface area contributed by atoms with Gasteiger partial charge in [-0.15, -0.1) is 0 Å². The fourth-order valence-corrected chi connectivity index (χ4v) is 2.40. The zero-order chi connectivity index (χ0) is 16.8. The molecule has 0 heterocycles. The number of carbonyl (C=O) groups excluding carboxylic acids is 1. The first-order valence-corrected chi connectivity index (χ1v) is 7.96.